The second kappa shape index (κ2) is 12.7. The number of hydrogen-bond donors (Lipinski definition) is 1. The Hall–Kier alpha value is -3.43. The molecule has 0 atom stereocenters. The van der Waals surface area contributed by atoms with Crippen LogP contribution >= 0.6 is 11.6 Å². The first kappa shape index (κ1) is 28.1. The standard InChI is InChI=1S/C27H31ClN2O6S/c1-5-19-8-12-22(13-9-19)36-15-14-29-27(31)21-10-6-20(7-11-21)18-30(37(4,32)33)24-17-25(34-2)23(28)16-26(24)35-3/h6-13,16-17H,5,14-15,18H2,1-4H3,(H,29,31). The van der Waals surface area contributed by atoms with Gasteiger partial charge in [0.1, 0.15) is 23.9 Å². The van der Waals surface area contributed by atoms with Gasteiger partial charge in [0, 0.05) is 17.7 Å². The van der Waals surface area contributed by atoms with E-state index in [0.717, 1.165) is 18.4 Å². The molecule has 3 rings (SSSR count). The van der Waals surface area contributed by atoms with Crippen molar-refractivity contribution < 1.29 is 27.4 Å². The zero-order valence-corrected chi connectivity index (χ0v) is 22.9. The molecule has 0 aromatic heterocycles. The van der Waals surface area contributed by atoms with Crippen LogP contribution in [0.1, 0.15) is 28.4 Å². The maximum Gasteiger partial charge on any atom is 0.251 e. The number of hydrogen-bond acceptors (Lipinski definition) is 6. The molecule has 0 aliphatic heterocycles. The Morgan fingerprint density at radius 2 is 1.57 bits per heavy atom. The van der Waals surface area contributed by atoms with E-state index in [0.29, 0.717) is 35.1 Å². The fourth-order valence-electron chi connectivity index (χ4n) is 3.60. The molecule has 0 unspecified atom stereocenters. The van der Waals surface area contributed by atoms with Gasteiger partial charge in [-0.05, 0) is 41.8 Å². The predicted molar refractivity (Wildman–Crippen MR) is 146 cm³/mol. The minimum Gasteiger partial charge on any atom is -0.495 e. The minimum atomic E-state index is -3.69. The van der Waals surface area contributed by atoms with Crippen LogP contribution < -0.4 is 23.8 Å². The van der Waals surface area contributed by atoms with Gasteiger partial charge in [-0.1, -0.05) is 42.8 Å². The number of benzene rings is 3. The summed E-state index contributed by atoms with van der Waals surface area (Å²) in [5, 5.41) is 3.12. The monoisotopic (exact) mass is 546 g/mol. The van der Waals surface area contributed by atoms with Crippen molar-refractivity contribution in [1.29, 1.82) is 0 Å². The smallest absolute Gasteiger partial charge is 0.251 e. The third-order valence-corrected chi connectivity index (χ3v) is 7.07. The molecule has 0 saturated heterocycles. The van der Waals surface area contributed by atoms with E-state index in [4.69, 9.17) is 25.8 Å². The molecule has 1 N–H and O–H groups in total. The highest BCUT2D eigenvalue weighted by Gasteiger charge is 2.24. The molecule has 0 spiro atoms. The maximum absolute atomic E-state index is 12.7. The Balaban J connectivity index is 1.65. The molecular formula is C27H31ClN2O6S. The van der Waals surface area contributed by atoms with E-state index in [-0.39, 0.29) is 23.9 Å². The lowest BCUT2D eigenvalue weighted by atomic mass is 10.1. The number of carbonyl (C=O) groups excluding carboxylic acids is 1. The third kappa shape index (κ3) is 7.53. The van der Waals surface area contributed by atoms with Gasteiger partial charge in [-0.25, -0.2) is 8.42 Å². The summed E-state index contributed by atoms with van der Waals surface area (Å²) in [6.45, 7) is 2.79. The zero-order chi connectivity index (χ0) is 27.0. The van der Waals surface area contributed by atoms with Crippen molar-refractivity contribution in [1.82, 2.24) is 5.32 Å². The van der Waals surface area contributed by atoms with Crippen LogP contribution in [0.25, 0.3) is 0 Å². The average Bonchev–Trinajstić information content (AvgIpc) is 2.89. The lowest BCUT2D eigenvalue weighted by molar-refractivity contribution is 0.0947. The lowest BCUT2D eigenvalue weighted by Gasteiger charge is -2.25. The number of nitrogens with one attached hydrogen (secondary N) is 1. The summed E-state index contributed by atoms with van der Waals surface area (Å²) in [7, 11) is -0.814. The summed E-state index contributed by atoms with van der Waals surface area (Å²) in [4.78, 5) is 12.5. The van der Waals surface area contributed by atoms with Crippen LogP contribution in [0.5, 0.6) is 17.2 Å². The van der Waals surface area contributed by atoms with Gasteiger partial charge < -0.3 is 19.5 Å². The van der Waals surface area contributed by atoms with Crippen LogP contribution in [0.4, 0.5) is 5.69 Å². The summed E-state index contributed by atoms with van der Waals surface area (Å²) >= 11 is 6.18. The maximum atomic E-state index is 12.7. The number of sulfonamides is 1. The predicted octanol–water partition coefficient (Wildman–Crippen LogP) is 4.69. The Morgan fingerprint density at radius 3 is 2.14 bits per heavy atom. The number of carbonyl (C=O) groups is 1. The van der Waals surface area contributed by atoms with Crippen LogP contribution in [-0.2, 0) is 23.0 Å². The highest BCUT2D eigenvalue weighted by atomic mass is 35.5. The second-order valence-corrected chi connectivity index (χ2v) is 10.5. The normalized spacial score (nSPS) is 11.1. The van der Waals surface area contributed by atoms with Crippen LogP contribution in [0.15, 0.2) is 60.7 Å². The molecule has 37 heavy (non-hydrogen) atoms. The van der Waals surface area contributed by atoms with Gasteiger partial charge in [-0.3, -0.25) is 9.10 Å². The van der Waals surface area contributed by atoms with Gasteiger partial charge in [0.05, 0.1) is 44.3 Å². The SMILES string of the molecule is CCc1ccc(OCCNC(=O)c2ccc(CN(c3cc(OC)c(Cl)cc3OC)S(C)(=O)=O)cc2)cc1. The van der Waals surface area contributed by atoms with Crippen molar-refractivity contribution in [2.24, 2.45) is 0 Å². The molecular weight excluding hydrogens is 516 g/mol. The van der Waals surface area contributed by atoms with Crippen molar-refractivity contribution in [2.45, 2.75) is 19.9 Å². The number of aryl methyl sites for hydroxylation is 1. The molecule has 1 amide bonds. The van der Waals surface area contributed by atoms with Crippen LogP contribution in [0.2, 0.25) is 5.02 Å². The highest BCUT2D eigenvalue weighted by Crippen LogP contribution is 2.39. The molecule has 198 valence electrons. The topological polar surface area (TPSA) is 94.2 Å². The molecule has 0 aliphatic carbocycles. The first-order valence-corrected chi connectivity index (χ1v) is 13.9. The lowest BCUT2D eigenvalue weighted by Crippen LogP contribution is -2.30. The van der Waals surface area contributed by atoms with E-state index in [2.05, 4.69) is 12.2 Å². The summed E-state index contributed by atoms with van der Waals surface area (Å²) in [6, 6.07) is 17.6. The molecule has 0 aliphatic rings. The van der Waals surface area contributed by atoms with E-state index >= 15 is 0 Å². The number of nitrogens with zero attached hydrogens (tertiary/aromatic N) is 1. The number of halogens is 1. The van der Waals surface area contributed by atoms with Gasteiger partial charge in [0.2, 0.25) is 10.0 Å². The van der Waals surface area contributed by atoms with E-state index in [1.165, 1.54) is 36.2 Å². The van der Waals surface area contributed by atoms with Gasteiger partial charge in [0.15, 0.2) is 0 Å². The Kier molecular flexibility index (Phi) is 9.66. The number of anilines is 1. The number of rotatable bonds is 12. The minimum absolute atomic E-state index is 0.0204. The molecule has 0 radical (unpaired) electrons. The highest BCUT2D eigenvalue weighted by molar-refractivity contribution is 7.92. The Morgan fingerprint density at radius 1 is 0.946 bits per heavy atom. The van der Waals surface area contributed by atoms with Crippen LogP contribution in [0, 0.1) is 0 Å². The molecule has 8 nitrogen and oxygen atoms in total. The second-order valence-electron chi connectivity index (χ2n) is 8.23. The van der Waals surface area contributed by atoms with E-state index < -0.39 is 10.0 Å². The zero-order valence-electron chi connectivity index (χ0n) is 21.3. The average molecular weight is 547 g/mol. The fraction of sp³-hybridized carbons (Fsp3) is 0.296. The molecule has 3 aromatic carbocycles. The van der Waals surface area contributed by atoms with E-state index in [1.807, 2.05) is 24.3 Å². The van der Waals surface area contributed by atoms with Gasteiger partial charge in [0.25, 0.3) is 5.91 Å². The van der Waals surface area contributed by atoms with Crippen LogP contribution in [-0.4, -0.2) is 48.0 Å². The largest absolute Gasteiger partial charge is 0.495 e. The number of methoxy groups -OCH3 is 2. The first-order valence-electron chi connectivity index (χ1n) is 11.6. The Labute approximate surface area is 223 Å². The van der Waals surface area contributed by atoms with Gasteiger partial charge in [-0.2, -0.15) is 0 Å². The fourth-order valence-corrected chi connectivity index (χ4v) is 4.72. The van der Waals surface area contributed by atoms with Crippen molar-refractivity contribution in [3.05, 3.63) is 82.4 Å². The van der Waals surface area contributed by atoms with Crippen molar-refractivity contribution in [3.8, 4) is 17.2 Å². The molecule has 10 heteroatoms. The third-order valence-electron chi connectivity index (χ3n) is 5.65. The molecule has 0 saturated carbocycles. The van der Waals surface area contributed by atoms with Gasteiger partial charge in [-0.15, -0.1) is 0 Å². The van der Waals surface area contributed by atoms with Crippen LogP contribution in [0.3, 0.4) is 0 Å². The van der Waals surface area contributed by atoms with Crippen molar-refractivity contribution in [3.63, 3.8) is 0 Å². The summed E-state index contributed by atoms with van der Waals surface area (Å²) in [5.41, 5.74) is 2.65. The molecule has 0 bridgehead atoms. The van der Waals surface area contributed by atoms with Crippen molar-refractivity contribution in [2.75, 3.05) is 37.9 Å². The van der Waals surface area contributed by atoms with Gasteiger partial charge >= 0.3 is 0 Å². The Bertz CT molecular complexity index is 1310. The van der Waals surface area contributed by atoms with E-state index in [1.54, 1.807) is 24.3 Å². The number of ether oxygens (including phenoxy) is 3. The summed E-state index contributed by atoms with van der Waals surface area (Å²) in [6.07, 6.45) is 2.07. The quantitative estimate of drug-likeness (QED) is 0.331. The van der Waals surface area contributed by atoms with E-state index in [9.17, 15) is 13.2 Å². The van der Waals surface area contributed by atoms with Crippen molar-refractivity contribution >= 4 is 33.2 Å². The first-order chi connectivity index (χ1) is 17.7. The molecule has 0 fully saturated rings. The summed E-state index contributed by atoms with van der Waals surface area (Å²) in [5.74, 6) is 1.11. The molecule has 3 aromatic rings. The summed E-state index contributed by atoms with van der Waals surface area (Å²) < 4.78 is 42.8. The number of amides is 1. The molecule has 0 heterocycles.